The number of aryl methyl sites for hydroxylation is 2. The maximum absolute atomic E-state index is 12.6. The van der Waals surface area contributed by atoms with Crippen LogP contribution in [0, 0.1) is 25.7 Å². The van der Waals surface area contributed by atoms with Crippen molar-refractivity contribution in [3.8, 4) is 0 Å². The van der Waals surface area contributed by atoms with Crippen LogP contribution in [0.15, 0.2) is 36.4 Å². The fraction of sp³-hybridized carbons (Fsp3) is 0.462. The predicted molar refractivity (Wildman–Crippen MR) is 124 cm³/mol. The van der Waals surface area contributed by atoms with Gasteiger partial charge >= 0.3 is 6.18 Å². The summed E-state index contributed by atoms with van der Waals surface area (Å²) in [7, 11) is 0. The lowest BCUT2D eigenvalue weighted by atomic mass is 9.95. The minimum atomic E-state index is -4.37. The molecule has 0 aromatic heterocycles. The molecule has 1 saturated carbocycles. The Bertz CT molecular complexity index is 993. The average molecular weight is 461 g/mol. The van der Waals surface area contributed by atoms with Crippen molar-refractivity contribution in [3.63, 3.8) is 0 Å². The van der Waals surface area contributed by atoms with E-state index in [1.807, 2.05) is 4.90 Å². The number of hydrogen-bond acceptors (Lipinski definition) is 2. The number of carbonyl (C=O) groups excluding carboxylic acids is 2. The van der Waals surface area contributed by atoms with Crippen molar-refractivity contribution < 1.29 is 22.8 Å². The van der Waals surface area contributed by atoms with Gasteiger partial charge in [0.25, 0.3) is 0 Å². The molecule has 1 unspecified atom stereocenters. The molecule has 2 aliphatic rings. The van der Waals surface area contributed by atoms with E-state index in [1.54, 1.807) is 6.07 Å². The summed E-state index contributed by atoms with van der Waals surface area (Å²) in [6.07, 6.45) is -1.45. The van der Waals surface area contributed by atoms with Crippen LogP contribution in [0.3, 0.4) is 0 Å². The van der Waals surface area contributed by atoms with E-state index < -0.39 is 11.7 Å². The van der Waals surface area contributed by atoms with Gasteiger partial charge in [0.05, 0.1) is 5.56 Å². The zero-order valence-corrected chi connectivity index (χ0v) is 19.5. The molecule has 1 N–H and O–H groups in total. The van der Waals surface area contributed by atoms with Crippen molar-refractivity contribution in [3.05, 3.63) is 58.7 Å². The molecule has 2 aromatic rings. The second kappa shape index (κ2) is 9.98. The van der Waals surface area contributed by atoms with E-state index >= 15 is 0 Å². The Hall–Kier alpha value is -2.83. The van der Waals surface area contributed by atoms with Gasteiger partial charge in [-0.3, -0.25) is 9.59 Å². The highest BCUT2D eigenvalue weighted by atomic mass is 19.4. The lowest BCUT2D eigenvalue weighted by Gasteiger charge is -2.22. The van der Waals surface area contributed by atoms with Crippen molar-refractivity contribution >= 4 is 23.7 Å². The lowest BCUT2D eigenvalue weighted by Crippen LogP contribution is -2.26. The van der Waals surface area contributed by atoms with Crippen LogP contribution < -0.4 is 10.2 Å². The molecule has 7 heteroatoms. The Morgan fingerprint density at radius 1 is 1.09 bits per heavy atom. The second-order valence-electron chi connectivity index (χ2n) is 9.33. The fourth-order valence-corrected chi connectivity index (χ4v) is 4.25. The number of alkyl halides is 3. The monoisotopic (exact) mass is 460 g/mol. The zero-order valence-electron chi connectivity index (χ0n) is 19.5. The van der Waals surface area contributed by atoms with Crippen LogP contribution in [-0.2, 0) is 15.8 Å². The van der Waals surface area contributed by atoms with Gasteiger partial charge in [-0.2, -0.15) is 13.2 Å². The van der Waals surface area contributed by atoms with Crippen LogP contribution in [0.1, 0.15) is 61.3 Å². The molecule has 4 nitrogen and oxygen atoms in total. The first-order valence-electron chi connectivity index (χ1n) is 11.3. The summed E-state index contributed by atoms with van der Waals surface area (Å²) >= 11 is 0. The highest BCUT2D eigenvalue weighted by Gasteiger charge is 2.34. The number of nitrogens with zero attached hydrogens (tertiary/aromatic N) is 1. The topological polar surface area (TPSA) is 49.4 Å². The SMILES string of the molecule is Cc1cccc(C)c1N1CC(C(C)C)CC1=O.O=CNc1cc(C2CC2)cc(C(F)(F)F)c1. The largest absolute Gasteiger partial charge is 0.416 e. The molecule has 1 saturated heterocycles. The molecule has 0 radical (unpaired) electrons. The first-order valence-corrected chi connectivity index (χ1v) is 11.3. The van der Waals surface area contributed by atoms with E-state index in [2.05, 4.69) is 51.2 Å². The van der Waals surface area contributed by atoms with Gasteiger partial charge < -0.3 is 10.2 Å². The highest BCUT2D eigenvalue weighted by molar-refractivity contribution is 5.97. The van der Waals surface area contributed by atoms with Crippen LogP contribution in [0.2, 0.25) is 0 Å². The van der Waals surface area contributed by atoms with Gasteiger partial charge in [-0.25, -0.2) is 0 Å². The maximum Gasteiger partial charge on any atom is 0.416 e. The molecule has 2 amide bonds. The van der Waals surface area contributed by atoms with Crippen molar-refractivity contribution in [1.29, 1.82) is 0 Å². The van der Waals surface area contributed by atoms with Gasteiger partial charge in [0.2, 0.25) is 12.3 Å². The number of anilines is 2. The van der Waals surface area contributed by atoms with Crippen LogP contribution in [0.4, 0.5) is 24.5 Å². The summed E-state index contributed by atoms with van der Waals surface area (Å²) in [6.45, 7) is 9.44. The molecule has 4 rings (SSSR count). The number of carbonyl (C=O) groups is 2. The number of halogens is 3. The normalized spacial score (nSPS) is 18.2. The van der Waals surface area contributed by atoms with Gasteiger partial charge in [0, 0.05) is 24.3 Å². The van der Waals surface area contributed by atoms with Crippen molar-refractivity contribution in [1.82, 2.24) is 0 Å². The smallest absolute Gasteiger partial charge is 0.329 e. The predicted octanol–water partition coefficient (Wildman–Crippen LogP) is 6.46. The van der Waals surface area contributed by atoms with E-state index in [0.29, 0.717) is 30.2 Å². The Kier molecular flexibility index (Phi) is 7.50. The number of nitrogens with one attached hydrogen (secondary N) is 1. The third kappa shape index (κ3) is 6.15. The molecular weight excluding hydrogens is 429 g/mol. The standard InChI is InChI=1S/C15H21NO.C11H10F3NO/c1-10(2)13-8-14(17)16(9-13)15-11(3)6-5-7-12(15)4;12-11(13,14)9-3-8(7-1-2-7)4-10(5-9)15-6-16/h5-7,10,13H,8-9H2,1-4H3;3-7H,1-2H2,(H,15,16). The van der Waals surface area contributed by atoms with Crippen LogP contribution >= 0.6 is 0 Å². The number of hydrogen-bond donors (Lipinski definition) is 1. The minimum Gasteiger partial charge on any atom is -0.329 e. The zero-order chi connectivity index (χ0) is 24.3. The van der Waals surface area contributed by atoms with E-state index in [1.165, 1.54) is 11.1 Å². The number of para-hydroxylation sites is 1. The van der Waals surface area contributed by atoms with Crippen LogP contribution in [-0.4, -0.2) is 18.9 Å². The summed E-state index contributed by atoms with van der Waals surface area (Å²) in [5.41, 5.74) is 3.67. The molecule has 0 bridgehead atoms. The average Bonchev–Trinajstić information content (AvgIpc) is 3.51. The van der Waals surface area contributed by atoms with Crippen LogP contribution in [0.25, 0.3) is 0 Å². The molecule has 1 atom stereocenters. The molecule has 1 aliphatic heterocycles. The van der Waals surface area contributed by atoms with E-state index in [-0.39, 0.29) is 17.5 Å². The summed E-state index contributed by atoms with van der Waals surface area (Å²) in [5.74, 6) is 1.57. The first-order chi connectivity index (χ1) is 15.5. The number of rotatable bonds is 5. The van der Waals surface area contributed by atoms with Crippen molar-refractivity contribution in [2.24, 2.45) is 11.8 Å². The van der Waals surface area contributed by atoms with Gasteiger partial charge in [0.15, 0.2) is 0 Å². The van der Waals surface area contributed by atoms with E-state index in [4.69, 9.17) is 0 Å². The first kappa shape index (κ1) is 24.8. The van der Waals surface area contributed by atoms with Crippen molar-refractivity contribution in [2.75, 3.05) is 16.8 Å². The Labute approximate surface area is 193 Å². The fourth-order valence-electron chi connectivity index (χ4n) is 4.25. The maximum atomic E-state index is 12.6. The molecule has 2 aromatic carbocycles. The Morgan fingerprint density at radius 3 is 2.21 bits per heavy atom. The third-order valence-corrected chi connectivity index (χ3v) is 6.36. The Balaban J connectivity index is 0.000000186. The molecule has 2 fully saturated rings. The molecular formula is C26H31F3N2O2. The lowest BCUT2D eigenvalue weighted by molar-refractivity contribution is -0.137. The summed E-state index contributed by atoms with van der Waals surface area (Å²) in [5, 5.41) is 2.26. The molecule has 1 aliphatic carbocycles. The van der Waals surface area contributed by atoms with Gasteiger partial charge in [-0.1, -0.05) is 32.0 Å². The molecule has 0 spiro atoms. The third-order valence-electron chi connectivity index (χ3n) is 6.36. The summed E-state index contributed by atoms with van der Waals surface area (Å²) < 4.78 is 37.7. The summed E-state index contributed by atoms with van der Waals surface area (Å²) in [4.78, 5) is 24.3. The van der Waals surface area contributed by atoms with Gasteiger partial charge in [-0.15, -0.1) is 0 Å². The minimum absolute atomic E-state index is 0.201. The Morgan fingerprint density at radius 2 is 1.73 bits per heavy atom. The molecule has 33 heavy (non-hydrogen) atoms. The van der Waals surface area contributed by atoms with Crippen molar-refractivity contribution in [2.45, 2.75) is 59.1 Å². The summed E-state index contributed by atoms with van der Waals surface area (Å²) in [6, 6.07) is 9.92. The van der Waals surface area contributed by atoms with Crippen LogP contribution in [0.5, 0.6) is 0 Å². The second-order valence-corrected chi connectivity index (χ2v) is 9.33. The highest BCUT2D eigenvalue weighted by Crippen LogP contribution is 2.43. The number of benzene rings is 2. The van der Waals surface area contributed by atoms with Gasteiger partial charge in [-0.05, 0) is 79.3 Å². The van der Waals surface area contributed by atoms with Gasteiger partial charge in [0.1, 0.15) is 0 Å². The quantitative estimate of drug-likeness (QED) is 0.521. The molecule has 178 valence electrons. The number of amides is 2. The molecule has 1 heterocycles. The van der Waals surface area contributed by atoms with E-state index in [0.717, 1.165) is 37.2 Å². The van der Waals surface area contributed by atoms with E-state index in [9.17, 15) is 22.8 Å².